The largest absolute Gasteiger partial charge is 0.479 e. The highest BCUT2D eigenvalue weighted by Gasteiger charge is 2.53. The zero-order valence-electron chi connectivity index (χ0n) is 6.06. The molecule has 0 aliphatic carbocycles. The molecule has 1 saturated heterocycles. The first-order chi connectivity index (χ1) is 5.49. The fourth-order valence-corrected chi connectivity index (χ4v) is 1.08. The van der Waals surface area contributed by atoms with Crippen LogP contribution in [0.2, 0.25) is 0 Å². The predicted octanol–water partition coefficient (Wildman–Crippen LogP) is -0.977. The Morgan fingerprint density at radius 1 is 1.33 bits per heavy atom. The van der Waals surface area contributed by atoms with Crippen molar-refractivity contribution in [3.63, 3.8) is 0 Å². The van der Waals surface area contributed by atoms with Crippen molar-refractivity contribution in [2.24, 2.45) is 0 Å². The molecular formula is C6H8O6. The molecule has 1 heterocycles. The van der Waals surface area contributed by atoms with E-state index in [1.54, 1.807) is 0 Å². The predicted molar refractivity (Wildman–Crippen MR) is 34.3 cm³/mol. The van der Waals surface area contributed by atoms with Gasteiger partial charge in [-0.3, -0.25) is 0 Å². The summed E-state index contributed by atoms with van der Waals surface area (Å²) in [5.41, 5.74) is -2.25. The number of rotatable bonds is 2. The van der Waals surface area contributed by atoms with Gasteiger partial charge in [0, 0.05) is 12.8 Å². The summed E-state index contributed by atoms with van der Waals surface area (Å²) in [5.74, 6) is -3.15. The molecule has 0 aromatic heterocycles. The lowest BCUT2D eigenvalue weighted by Crippen LogP contribution is -2.46. The van der Waals surface area contributed by atoms with Gasteiger partial charge in [-0.15, -0.1) is 0 Å². The summed E-state index contributed by atoms with van der Waals surface area (Å²) in [6, 6.07) is 0. The molecule has 6 nitrogen and oxygen atoms in total. The molecule has 1 aliphatic heterocycles. The summed E-state index contributed by atoms with van der Waals surface area (Å²) >= 11 is 0. The average Bonchev–Trinajstić information content (AvgIpc) is 2.32. The number of carbonyl (C=O) groups is 2. The van der Waals surface area contributed by atoms with Crippen LogP contribution in [0.3, 0.4) is 0 Å². The molecular weight excluding hydrogens is 168 g/mol. The van der Waals surface area contributed by atoms with Crippen molar-refractivity contribution in [3.8, 4) is 0 Å². The molecule has 3 N–H and O–H groups in total. The van der Waals surface area contributed by atoms with Crippen LogP contribution < -0.4 is 0 Å². The Hall–Kier alpha value is -1.14. The molecule has 1 unspecified atom stereocenters. The van der Waals surface area contributed by atoms with E-state index in [2.05, 4.69) is 4.74 Å². The molecule has 0 aromatic carbocycles. The van der Waals surface area contributed by atoms with Crippen LogP contribution in [0.5, 0.6) is 0 Å². The van der Waals surface area contributed by atoms with Crippen LogP contribution in [-0.2, 0) is 14.3 Å². The van der Waals surface area contributed by atoms with Crippen molar-refractivity contribution in [1.82, 2.24) is 0 Å². The molecule has 0 bridgehead atoms. The van der Waals surface area contributed by atoms with Crippen LogP contribution in [0, 0.1) is 0 Å². The van der Waals surface area contributed by atoms with Gasteiger partial charge in [0.1, 0.15) is 0 Å². The molecule has 0 saturated carbocycles. The second kappa shape index (κ2) is 2.72. The Labute approximate surface area is 67.4 Å². The van der Waals surface area contributed by atoms with Gasteiger partial charge in [0.15, 0.2) is 6.29 Å². The smallest absolute Gasteiger partial charge is 0.347 e. The quantitative estimate of drug-likeness (QED) is 0.467. The lowest BCUT2D eigenvalue weighted by Gasteiger charge is -2.17. The third-order valence-corrected chi connectivity index (χ3v) is 1.77. The Kier molecular flexibility index (Phi) is 2.03. The van der Waals surface area contributed by atoms with Crippen LogP contribution in [0.15, 0.2) is 0 Å². The number of carboxylic acids is 2. The van der Waals surface area contributed by atoms with Crippen molar-refractivity contribution < 1.29 is 29.6 Å². The van der Waals surface area contributed by atoms with E-state index in [1.165, 1.54) is 0 Å². The van der Waals surface area contributed by atoms with Crippen LogP contribution in [0.1, 0.15) is 12.8 Å². The first kappa shape index (κ1) is 8.95. The van der Waals surface area contributed by atoms with Gasteiger partial charge in [-0.2, -0.15) is 0 Å². The van der Waals surface area contributed by atoms with Crippen molar-refractivity contribution in [3.05, 3.63) is 0 Å². The van der Waals surface area contributed by atoms with Crippen molar-refractivity contribution in [1.29, 1.82) is 0 Å². The molecule has 6 heteroatoms. The van der Waals surface area contributed by atoms with E-state index in [0.29, 0.717) is 0 Å². The first-order valence-corrected chi connectivity index (χ1v) is 3.32. The Balaban J connectivity index is 2.89. The molecule has 1 rings (SSSR count). The molecule has 0 radical (unpaired) electrons. The number of carboxylic acid groups (broad SMARTS) is 2. The van der Waals surface area contributed by atoms with Crippen LogP contribution in [0.25, 0.3) is 0 Å². The second-order valence-electron chi connectivity index (χ2n) is 2.55. The molecule has 1 aliphatic rings. The van der Waals surface area contributed by atoms with E-state index in [1.807, 2.05) is 0 Å². The maximum Gasteiger partial charge on any atom is 0.347 e. The zero-order valence-corrected chi connectivity index (χ0v) is 6.06. The lowest BCUT2D eigenvalue weighted by molar-refractivity contribution is -0.195. The lowest BCUT2D eigenvalue weighted by atomic mass is 10.0. The normalized spacial score (nSPS) is 26.9. The topological polar surface area (TPSA) is 104 Å². The van der Waals surface area contributed by atoms with Crippen LogP contribution >= 0.6 is 0 Å². The van der Waals surface area contributed by atoms with Gasteiger partial charge < -0.3 is 20.1 Å². The van der Waals surface area contributed by atoms with Crippen LogP contribution in [0.4, 0.5) is 0 Å². The van der Waals surface area contributed by atoms with Gasteiger partial charge >= 0.3 is 11.9 Å². The third-order valence-electron chi connectivity index (χ3n) is 1.77. The SMILES string of the molecule is O=C(O)C1(C(=O)O)CCC(O)O1. The van der Waals surface area contributed by atoms with Gasteiger partial charge in [-0.05, 0) is 0 Å². The van der Waals surface area contributed by atoms with Gasteiger partial charge in [-0.25, -0.2) is 9.59 Å². The summed E-state index contributed by atoms with van der Waals surface area (Å²) in [5, 5.41) is 25.9. The number of aliphatic hydroxyl groups is 1. The minimum Gasteiger partial charge on any atom is -0.479 e. The number of ether oxygens (including phenoxy) is 1. The van der Waals surface area contributed by atoms with Gasteiger partial charge in [0.2, 0.25) is 0 Å². The average molecular weight is 176 g/mol. The molecule has 12 heavy (non-hydrogen) atoms. The standard InChI is InChI=1S/C6H8O6/c7-3-1-2-6(12-3,4(8)9)5(10)11/h3,7H,1-2H2,(H,8,9)(H,10,11). The highest BCUT2D eigenvalue weighted by Crippen LogP contribution is 2.29. The number of aliphatic carboxylic acids is 2. The highest BCUT2D eigenvalue weighted by atomic mass is 16.6. The third kappa shape index (κ3) is 1.15. The van der Waals surface area contributed by atoms with Crippen molar-refractivity contribution >= 4 is 11.9 Å². The summed E-state index contributed by atoms with van der Waals surface area (Å²) < 4.78 is 4.43. The molecule has 0 spiro atoms. The molecule has 1 atom stereocenters. The second-order valence-corrected chi connectivity index (χ2v) is 2.55. The Morgan fingerprint density at radius 2 is 1.83 bits per heavy atom. The fourth-order valence-electron chi connectivity index (χ4n) is 1.08. The maximum atomic E-state index is 10.5. The zero-order chi connectivity index (χ0) is 9.35. The molecule has 1 fully saturated rings. The summed E-state index contributed by atoms with van der Waals surface area (Å²) in [6.45, 7) is 0. The Morgan fingerprint density at radius 3 is 2.00 bits per heavy atom. The molecule has 0 amide bonds. The first-order valence-electron chi connectivity index (χ1n) is 3.32. The van der Waals surface area contributed by atoms with Gasteiger partial charge in [-0.1, -0.05) is 0 Å². The van der Waals surface area contributed by atoms with E-state index < -0.39 is 23.8 Å². The Bertz CT molecular complexity index is 208. The monoisotopic (exact) mass is 176 g/mol. The molecule has 68 valence electrons. The van der Waals surface area contributed by atoms with Gasteiger partial charge in [0.25, 0.3) is 5.60 Å². The van der Waals surface area contributed by atoms with Crippen LogP contribution in [-0.4, -0.2) is 39.1 Å². The van der Waals surface area contributed by atoms with Gasteiger partial charge in [0.05, 0.1) is 0 Å². The van der Waals surface area contributed by atoms with E-state index in [0.717, 1.165) is 0 Å². The fraction of sp³-hybridized carbons (Fsp3) is 0.667. The van der Waals surface area contributed by atoms with E-state index in [4.69, 9.17) is 15.3 Å². The van der Waals surface area contributed by atoms with E-state index >= 15 is 0 Å². The number of hydrogen-bond donors (Lipinski definition) is 3. The summed E-state index contributed by atoms with van der Waals surface area (Å²) in [6.07, 6.45) is -1.48. The summed E-state index contributed by atoms with van der Waals surface area (Å²) in [4.78, 5) is 21.0. The van der Waals surface area contributed by atoms with Crippen molar-refractivity contribution in [2.45, 2.75) is 24.7 Å². The molecule has 0 aromatic rings. The number of aliphatic hydroxyl groups excluding tert-OH is 1. The minimum atomic E-state index is -2.25. The van der Waals surface area contributed by atoms with E-state index in [-0.39, 0.29) is 12.8 Å². The van der Waals surface area contributed by atoms with Crippen molar-refractivity contribution in [2.75, 3.05) is 0 Å². The summed E-state index contributed by atoms with van der Waals surface area (Å²) in [7, 11) is 0. The highest BCUT2D eigenvalue weighted by molar-refractivity contribution is 6.02. The maximum absolute atomic E-state index is 10.5. The number of hydrogen-bond acceptors (Lipinski definition) is 4. The van der Waals surface area contributed by atoms with E-state index in [9.17, 15) is 9.59 Å². The minimum absolute atomic E-state index is 0.0264.